The van der Waals surface area contributed by atoms with E-state index in [0.717, 1.165) is 18.7 Å². The van der Waals surface area contributed by atoms with Gasteiger partial charge in [-0.3, -0.25) is 0 Å². The first-order valence-corrected chi connectivity index (χ1v) is 7.17. The lowest BCUT2D eigenvalue weighted by atomic mass is 10.2. The molecule has 0 spiro atoms. The summed E-state index contributed by atoms with van der Waals surface area (Å²) in [6.45, 7) is 2.93. The van der Waals surface area contributed by atoms with Crippen molar-refractivity contribution in [2.75, 3.05) is 11.9 Å². The van der Waals surface area contributed by atoms with E-state index < -0.39 is 0 Å². The first-order valence-electron chi connectivity index (χ1n) is 5.88. The van der Waals surface area contributed by atoms with Gasteiger partial charge in [0.2, 0.25) is 0 Å². The first-order chi connectivity index (χ1) is 8.74. The number of nitrogens with one attached hydrogen (secondary N) is 2. The Morgan fingerprint density at radius 1 is 1.28 bits per heavy atom. The fourth-order valence-electron chi connectivity index (χ4n) is 1.65. The normalized spacial score (nSPS) is 10.1. The Hall–Kier alpha value is -1.39. The highest BCUT2D eigenvalue weighted by Gasteiger charge is 1.98. The minimum atomic E-state index is 0.678. The first kappa shape index (κ1) is 13.1. The predicted molar refractivity (Wildman–Crippen MR) is 83.4 cm³/mol. The number of thiophene rings is 1. The van der Waals surface area contributed by atoms with Gasteiger partial charge in [0.25, 0.3) is 0 Å². The van der Waals surface area contributed by atoms with Gasteiger partial charge in [0.1, 0.15) is 0 Å². The van der Waals surface area contributed by atoms with Crippen LogP contribution in [0.1, 0.15) is 10.4 Å². The topological polar surface area (TPSA) is 24.1 Å². The van der Waals surface area contributed by atoms with E-state index in [2.05, 4.69) is 47.2 Å². The quantitative estimate of drug-likeness (QED) is 0.835. The highest BCUT2D eigenvalue weighted by Crippen LogP contribution is 2.10. The van der Waals surface area contributed by atoms with Crippen LogP contribution in [0.4, 0.5) is 5.69 Å². The summed E-state index contributed by atoms with van der Waals surface area (Å²) >= 11 is 7.03. The molecule has 2 aromatic rings. The lowest BCUT2D eigenvalue weighted by molar-refractivity contribution is 0.885. The molecule has 0 saturated carbocycles. The van der Waals surface area contributed by atoms with Crippen molar-refractivity contribution in [1.82, 2.24) is 5.32 Å². The lowest BCUT2D eigenvalue weighted by Gasteiger charge is -2.10. The summed E-state index contributed by atoms with van der Waals surface area (Å²) in [4.78, 5) is 1.38. The maximum Gasteiger partial charge on any atom is 0.170 e. The molecular weight excluding hydrogens is 260 g/mol. The molecule has 0 atom stereocenters. The Kier molecular flexibility index (Phi) is 4.73. The number of hydrogen-bond donors (Lipinski definition) is 2. The summed E-state index contributed by atoms with van der Waals surface area (Å²) in [5.74, 6) is 0. The summed E-state index contributed by atoms with van der Waals surface area (Å²) in [7, 11) is 0. The van der Waals surface area contributed by atoms with Gasteiger partial charge >= 0.3 is 0 Å². The maximum atomic E-state index is 5.26. The third-order valence-corrected chi connectivity index (χ3v) is 3.70. The summed E-state index contributed by atoms with van der Waals surface area (Å²) in [5.41, 5.74) is 2.25. The zero-order valence-corrected chi connectivity index (χ0v) is 11.9. The van der Waals surface area contributed by atoms with Gasteiger partial charge in [-0.2, -0.15) is 0 Å². The molecule has 94 valence electrons. The van der Waals surface area contributed by atoms with Crippen LogP contribution in [0.25, 0.3) is 0 Å². The summed E-state index contributed by atoms with van der Waals surface area (Å²) in [5, 5.41) is 9.18. The predicted octanol–water partition coefficient (Wildman–Crippen LogP) is 3.59. The van der Waals surface area contributed by atoms with E-state index in [0.29, 0.717) is 5.11 Å². The molecule has 18 heavy (non-hydrogen) atoms. The number of rotatable bonds is 4. The molecule has 0 saturated heterocycles. The Balaban J connectivity index is 1.75. The highest BCUT2D eigenvalue weighted by atomic mass is 32.1. The van der Waals surface area contributed by atoms with Crippen molar-refractivity contribution in [2.45, 2.75) is 13.3 Å². The molecule has 4 heteroatoms. The van der Waals surface area contributed by atoms with Gasteiger partial charge in [-0.25, -0.2) is 0 Å². The average Bonchev–Trinajstić information content (AvgIpc) is 2.82. The lowest BCUT2D eigenvalue weighted by Crippen LogP contribution is -2.30. The molecular formula is C14H16N2S2. The molecule has 1 heterocycles. The van der Waals surface area contributed by atoms with Crippen molar-refractivity contribution in [3.8, 4) is 0 Å². The Morgan fingerprint density at radius 3 is 2.89 bits per heavy atom. The van der Waals surface area contributed by atoms with Gasteiger partial charge in [0.05, 0.1) is 0 Å². The second kappa shape index (κ2) is 6.52. The van der Waals surface area contributed by atoms with Crippen LogP contribution in [0.2, 0.25) is 0 Å². The van der Waals surface area contributed by atoms with Crippen LogP contribution in [0.5, 0.6) is 0 Å². The molecule has 0 bridgehead atoms. The fraction of sp³-hybridized carbons (Fsp3) is 0.214. The van der Waals surface area contributed by atoms with Crippen molar-refractivity contribution < 1.29 is 0 Å². The van der Waals surface area contributed by atoms with E-state index in [4.69, 9.17) is 12.2 Å². The molecule has 0 aliphatic carbocycles. The zero-order chi connectivity index (χ0) is 12.8. The van der Waals surface area contributed by atoms with Gasteiger partial charge in [-0.1, -0.05) is 18.2 Å². The van der Waals surface area contributed by atoms with Crippen LogP contribution in [0.3, 0.4) is 0 Å². The Bertz CT molecular complexity index is 506. The molecule has 0 aliphatic rings. The minimum absolute atomic E-state index is 0.678. The van der Waals surface area contributed by atoms with Gasteiger partial charge in [-0.15, -0.1) is 11.3 Å². The SMILES string of the molecule is Cc1cccc(NC(=S)NCCc2cccs2)c1. The van der Waals surface area contributed by atoms with Crippen molar-refractivity contribution in [3.63, 3.8) is 0 Å². The summed E-state index contributed by atoms with van der Waals surface area (Å²) in [6.07, 6.45) is 1.01. The van der Waals surface area contributed by atoms with E-state index in [1.807, 2.05) is 12.1 Å². The summed E-state index contributed by atoms with van der Waals surface area (Å²) < 4.78 is 0. The number of benzene rings is 1. The Morgan fingerprint density at radius 2 is 2.17 bits per heavy atom. The van der Waals surface area contributed by atoms with Crippen LogP contribution < -0.4 is 10.6 Å². The standard InChI is InChI=1S/C14H16N2S2/c1-11-4-2-5-12(10-11)16-14(17)15-8-7-13-6-3-9-18-13/h2-6,9-10H,7-8H2,1H3,(H2,15,16,17). The van der Waals surface area contributed by atoms with Gasteiger partial charge in [0, 0.05) is 17.1 Å². The molecule has 0 fully saturated rings. The molecule has 2 N–H and O–H groups in total. The van der Waals surface area contributed by atoms with Crippen molar-refractivity contribution in [1.29, 1.82) is 0 Å². The van der Waals surface area contributed by atoms with Gasteiger partial charge in [0.15, 0.2) is 5.11 Å². The largest absolute Gasteiger partial charge is 0.362 e. The van der Waals surface area contributed by atoms with Crippen LogP contribution in [-0.4, -0.2) is 11.7 Å². The second-order valence-corrected chi connectivity index (χ2v) is 5.52. The number of hydrogen-bond acceptors (Lipinski definition) is 2. The van der Waals surface area contributed by atoms with Crippen LogP contribution in [0.15, 0.2) is 41.8 Å². The maximum absolute atomic E-state index is 5.26. The fourth-order valence-corrected chi connectivity index (χ4v) is 2.58. The molecule has 2 nitrogen and oxygen atoms in total. The molecule has 0 amide bonds. The van der Waals surface area contributed by atoms with E-state index in [1.165, 1.54) is 10.4 Å². The van der Waals surface area contributed by atoms with Crippen molar-refractivity contribution >= 4 is 34.4 Å². The van der Waals surface area contributed by atoms with Crippen LogP contribution >= 0.6 is 23.6 Å². The summed E-state index contributed by atoms with van der Waals surface area (Å²) in [6, 6.07) is 12.4. The van der Waals surface area contributed by atoms with Crippen LogP contribution in [-0.2, 0) is 6.42 Å². The number of thiocarbonyl (C=S) groups is 1. The van der Waals surface area contributed by atoms with E-state index in [-0.39, 0.29) is 0 Å². The van der Waals surface area contributed by atoms with Crippen molar-refractivity contribution in [3.05, 3.63) is 52.2 Å². The van der Waals surface area contributed by atoms with Gasteiger partial charge < -0.3 is 10.6 Å². The Labute approximate surface area is 117 Å². The molecule has 0 unspecified atom stereocenters. The van der Waals surface area contributed by atoms with Crippen LogP contribution in [0, 0.1) is 6.92 Å². The van der Waals surface area contributed by atoms with E-state index in [9.17, 15) is 0 Å². The van der Waals surface area contributed by atoms with E-state index in [1.54, 1.807) is 11.3 Å². The smallest absolute Gasteiger partial charge is 0.170 e. The van der Waals surface area contributed by atoms with Crippen molar-refractivity contribution in [2.24, 2.45) is 0 Å². The molecule has 1 aromatic heterocycles. The number of aryl methyl sites for hydroxylation is 1. The highest BCUT2D eigenvalue weighted by molar-refractivity contribution is 7.80. The second-order valence-electron chi connectivity index (χ2n) is 4.08. The third kappa shape index (κ3) is 4.13. The molecule has 0 radical (unpaired) electrons. The molecule has 2 rings (SSSR count). The van der Waals surface area contributed by atoms with E-state index >= 15 is 0 Å². The molecule has 0 aliphatic heterocycles. The number of anilines is 1. The molecule has 1 aromatic carbocycles. The monoisotopic (exact) mass is 276 g/mol. The average molecular weight is 276 g/mol. The van der Waals surface area contributed by atoms with Gasteiger partial charge in [-0.05, 0) is 54.7 Å². The zero-order valence-electron chi connectivity index (χ0n) is 10.3. The third-order valence-electron chi connectivity index (χ3n) is 2.51. The minimum Gasteiger partial charge on any atom is -0.362 e.